The zero-order valence-corrected chi connectivity index (χ0v) is 12.4. The minimum atomic E-state index is -0.255. The molecule has 0 aliphatic rings. The Hall–Kier alpha value is -0.960. The van der Waals surface area contributed by atoms with Crippen molar-refractivity contribution in [1.29, 1.82) is 0 Å². The van der Waals surface area contributed by atoms with Crippen molar-refractivity contribution in [1.82, 2.24) is 0 Å². The quantitative estimate of drug-likeness (QED) is 0.715. The fourth-order valence-corrected chi connectivity index (χ4v) is 2.30. The summed E-state index contributed by atoms with van der Waals surface area (Å²) in [5, 5.41) is 4.29. The molecule has 0 bridgehead atoms. The lowest BCUT2D eigenvalue weighted by Crippen LogP contribution is -2.02. The monoisotopic (exact) mass is 317 g/mol. The first kappa shape index (κ1) is 14.4. The highest BCUT2D eigenvalue weighted by molar-refractivity contribution is 6.44. The molecule has 0 unspecified atom stereocenters. The van der Waals surface area contributed by atoms with Crippen LogP contribution in [0.25, 0.3) is 0 Å². The average Bonchev–Trinajstić information content (AvgIpc) is 2.36. The molecule has 1 N–H and O–H groups in total. The number of benzene rings is 2. The summed E-state index contributed by atoms with van der Waals surface area (Å²) in [4.78, 5) is 0. The van der Waals surface area contributed by atoms with Gasteiger partial charge in [-0.3, -0.25) is 0 Å². The number of anilines is 1. The molecule has 0 heterocycles. The Bertz CT molecular complexity index is 614. The molecule has 1 nitrogen and oxygen atoms in total. The van der Waals surface area contributed by atoms with Crippen molar-refractivity contribution in [3.63, 3.8) is 0 Å². The van der Waals surface area contributed by atoms with Gasteiger partial charge in [-0.25, -0.2) is 4.39 Å². The maximum atomic E-state index is 13.6. The average molecular weight is 319 g/mol. The third-order valence-corrected chi connectivity index (χ3v) is 3.72. The minimum absolute atomic E-state index is 0.255. The fourth-order valence-electron chi connectivity index (χ4n) is 1.69. The summed E-state index contributed by atoms with van der Waals surface area (Å²) in [5.41, 5.74) is 2.19. The highest BCUT2D eigenvalue weighted by Gasteiger charge is 2.07. The van der Waals surface area contributed by atoms with Gasteiger partial charge in [-0.1, -0.05) is 52.5 Å². The second kappa shape index (κ2) is 6.00. The highest BCUT2D eigenvalue weighted by atomic mass is 35.5. The highest BCUT2D eigenvalue weighted by Crippen LogP contribution is 2.32. The summed E-state index contributed by atoms with van der Waals surface area (Å²) in [6.45, 7) is 2.24. The molecule has 0 spiro atoms. The van der Waals surface area contributed by atoms with E-state index in [2.05, 4.69) is 5.32 Å². The number of nitrogens with one attached hydrogen (secondary N) is 1. The van der Waals surface area contributed by atoms with Crippen LogP contribution in [0.15, 0.2) is 30.3 Å². The van der Waals surface area contributed by atoms with Gasteiger partial charge >= 0.3 is 0 Å². The number of rotatable bonds is 3. The zero-order chi connectivity index (χ0) is 14.0. The third kappa shape index (κ3) is 3.53. The molecule has 0 radical (unpaired) electrons. The molecule has 19 heavy (non-hydrogen) atoms. The molecule has 0 saturated carbocycles. The lowest BCUT2D eigenvalue weighted by atomic mass is 10.1. The Morgan fingerprint density at radius 2 is 1.68 bits per heavy atom. The number of halogens is 4. The lowest BCUT2D eigenvalue weighted by molar-refractivity contribution is 0.612. The summed E-state index contributed by atoms with van der Waals surface area (Å²) in [5.74, 6) is -0.255. The summed E-state index contributed by atoms with van der Waals surface area (Å²) >= 11 is 17.8. The van der Waals surface area contributed by atoms with Gasteiger partial charge < -0.3 is 5.32 Å². The van der Waals surface area contributed by atoms with Crippen molar-refractivity contribution in [2.24, 2.45) is 0 Å². The number of hydrogen-bond donors (Lipinski definition) is 1. The van der Waals surface area contributed by atoms with E-state index in [1.165, 1.54) is 6.07 Å². The fraction of sp³-hybridized carbons (Fsp3) is 0.143. The van der Waals surface area contributed by atoms with E-state index in [-0.39, 0.29) is 5.82 Å². The van der Waals surface area contributed by atoms with Crippen molar-refractivity contribution < 1.29 is 4.39 Å². The van der Waals surface area contributed by atoms with Gasteiger partial charge in [0.05, 0.1) is 20.8 Å². The van der Waals surface area contributed by atoms with Crippen LogP contribution in [-0.4, -0.2) is 0 Å². The summed E-state index contributed by atoms with van der Waals surface area (Å²) < 4.78 is 13.6. The minimum Gasteiger partial charge on any atom is -0.380 e. The number of hydrogen-bond acceptors (Lipinski definition) is 1. The van der Waals surface area contributed by atoms with Gasteiger partial charge in [-0.05, 0) is 25.1 Å². The molecule has 2 rings (SSSR count). The van der Waals surface area contributed by atoms with Crippen LogP contribution in [-0.2, 0) is 6.54 Å². The van der Waals surface area contributed by atoms with Gasteiger partial charge in [0.2, 0.25) is 0 Å². The second-order valence-electron chi connectivity index (χ2n) is 4.19. The molecule has 0 amide bonds. The molecule has 0 aliphatic heterocycles. The van der Waals surface area contributed by atoms with Crippen LogP contribution in [0.1, 0.15) is 11.1 Å². The molecule has 2 aromatic carbocycles. The van der Waals surface area contributed by atoms with E-state index in [0.717, 1.165) is 5.56 Å². The molecular weight excluding hydrogens is 308 g/mol. The van der Waals surface area contributed by atoms with E-state index >= 15 is 0 Å². The van der Waals surface area contributed by atoms with Crippen LogP contribution in [0.2, 0.25) is 15.1 Å². The van der Waals surface area contributed by atoms with E-state index in [1.54, 1.807) is 24.3 Å². The standard InChI is InChI=1S/C14H11Cl3FN/c1-8-2-3-13(18)9(4-8)7-19-14-6-11(16)10(15)5-12(14)17/h2-6,19H,7H2,1H3. The topological polar surface area (TPSA) is 12.0 Å². The maximum Gasteiger partial charge on any atom is 0.128 e. The van der Waals surface area contributed by atoms with Crippen molar-refractivity contribution in [2.75, 3.05) is 5.32 Å². The largest absolute Gasteiger partial charge is 0.380 e. The van der Waals surface area contributed by atoms with Crippen molar-refractivity contribution in [2.45, 2.75) is 13.5 Å². The molecule has 0 fully saturated rings. The first-order valence-electron chi connectivity index (χ1n) is 5.61. The van der Waals surface area contributed by atoms with Gasteiger partial charge in [0.25, 0.3) is 0 Å². The van der Waals surface area contributed by atoms with Gasteiger partial charge in [0.15, 0.2) is 0 Å². The second-order valence-corrected chi connectivity index (χ2v) is 5.42. The Labute approximate surface area is 126 Å². The Balaban J connectivity index is 2.19. The van der Waals surface area contributed by atoms with Crippen LogP contribution in [0, 0.1) is 12.7 Å². The van der Waals surface area contributed by atoms with Crippen LogP contribution in [0.3, 0.4) is 0 Å². The van der Waals surface area contributed by atoms with Crippen LogP contribution >= 0.6 is 34.8 Å². The van der Waals surface area contributed by atoms with Crippen molar-refractivity contribution in [3.05, 3.63) is 62.3 Å². The van der Waals surface area contributed by atoms with E-state index in [9.17, 15) is 4.39 Å². The molecule has 0 aliphatic carbocycles. The van der Waals surface area contributed by atoms with Crippen molar-refractivity contribution in [3.8, 4) is 0 Å². The first-order chi connectivity index (χ1) is 8.97. The van der Waals surface area contributed by atoms with Gasteiger partial charge in [0.1, 0.15) is 5.82 Å². The maximum absolute atomic E-state index is 13.6. The van der Waals surface area contributed by atoms with E-state index in [4.69, 9.17) is 34.8 Å². The Morgan fingerprint density at radius 3 is 2.42 bits per heavy atom. The third-order valence-electron chi connectivity index (χ3n) is 2.68. The normalized spacial score (nSPS) is 10.6. The van der Waals surface area contributed by atoms with Crippen molar-refractivity contribution >= 4 is 40.5 Å². The Kier molecular flexibility index (Phi) is 4.56. The van der Waals surface area contributed by atoms with Gasteiger partial charge in [-0.15, -0.1) is 0 Å². The van der Waals surface area contributed by atoms with Crippen LogP contribution in [0.5, 0.6) is 0 Å². The molecular formula is C14H11Cl3FN. The molecule has 2 aromatic rings. The molecule has 100 valence electrons. The number of aryl methyl sites for hydroxylation is 1. The van der Waals surface area contributed by atoms with Crippen LogP contribution in [0.4, 0.5) is 10.1 Å². The Morgan fingerprint density at radius 1 is 1.00 bits per heavy atom. The SMILES string of the molecule is Cc1ccc(F)c(CNc2cc(Cl)c(Cl)cc2Cl)c1. The van der Waals surface area contributed by atoms with E-state index in [1.807, 2.05) is 6.92 Å². The van der Waals surface area contributed by atoms with E-state index in [0.29, 0.717) is 32.9 Å². The van der Waals surface area contributed by atoms with E-state index < -0.39 is 0 Å². The first-order valence-corrected chi connectivity index (χ1v) is 6.74. The van der Waals surface area contributed by atoms with Crippen LogP contribution < -0.4 is 5.32 Å². The summed E-state index contributed by atoms with van der Waals surface area (Å²) in [6.07, 6.45) is 0. The molecule has 0 aromatic heterocycles. The lowest BCUT2D eigenvalue weighted by Gasteiger charge is -2.11. The zero-order valence-electron chi connectivity index (χ0n) is 10.1. The molecule has 0 atom stereocenters. The van der Waals surface area contributed by atoms with Gasteiger partial charge in [-0.2, -0.15) is 0 Å². The summed E-state index contributed by atoms with van der Waals surface area (Å²) in [7, 11) is 0. The predicted octanol–water partition coefficient (Wildman–Crippen LogP) is 5.71. The predicted molar refractivity (Wildman–Crippen MR) is 79.9 cm³/mol. The molecule has 5 heteroatoms. The smallest absolute Gasteiger partial charge is 0.128 e. The van der Waals surface area contributed by atoms with Gasteiger partial charge in [0, 0.05) is 12.1 Å². The molecule has 0 saturated heterocycles. The summed E-state index contributed by atoms with van der Waals surface area (Å²) in [6, 6.07) is 8.14.